The summed E-state index contributed by atoms with van der Waals surface area (Å²) in [5.41, 5.74) is 1.28. The molecule has 0 radical (unpaired) electrons. The van der Waals surface area contributed by atoms with E-state index in [4.69, 9.17) is 4.74 Å². The van der Waals surface area contributed by atoms with E-state index in [1.165, 1.54) is 69.8 Å². The van der Waals surface area contributed by atoms with Crippen molar-refractivity contribution in [2.75, 3.05) is 6.61 Å². The average Bonchev–Trinajstić information content (AvgIpc) is 2.79. The normalized spacial score (nSPS) is 34.9. The maximum Gasteiger partial charge on any atom is 0.119 e. The minimum atomic E-state index is 0.560. The predicted molar refractivity (Wildman–Crippen MR) is 128 cm³/mol. The van der Waals surface area contributed by atoms with Crippen molar-refractivity contribution in [3.05, 3.63) is 54.1 Å². The van der Waals surface area contributed by atoms with Gasteiger partial charge in [0.25, 0.3) is 0 Å². The van der Waals surface area contributed by atoms with Crippen LogP contribution < -0.4 is 4.74 Å². The van der Waals surface area contributed by atoms with Gasteiger partial charge in [0, 0.05) is 5.92 Å². The summed E-state index contributed by atoms with van der Waals surface area (Å²) in [6.07, 6.45) is 24.2. The van der Waals surface area contributed by atoms with Crippen LogP contribution >= 0.6 is 0 Å². The molecule has 0 amide bonds. The summed E-state index contributed by atoms with van der Waals surface area (Å²) in [5.74, 6) is 6.09. The zero-order chi connectivity index (χ0) is 20.8. The molecular weight excluding hydrogens is 364 g/mol. The topological polar surface area (TPSA) is 9.23 Å². The quantitative estimate of drug-likeness (QED) is 0.433. The molecule has 30 heavy (non-hydrogen) atoms. The van der Waals surface area contributed by atoms with Crippen LogP contribution in [0.15, 0.2) is 48.6 Å². The van der Waals surface area contributed by atoms with E-state index in [1.807, 2.05) is 0 Å². The fourth-order valence-corrected chi connectivity index (χ4v) is 5.90. The largest absolute Gasteiger partial charge is 0.493 e. The summed E-state index contributed by atoms with van der Waals surface area (Å²) < 4.78 is 5.99. The third kappa shape index (κ3) is 6.25. The summed E-state index contributed by atoms with van der Waals surface area (Å²) in [4.78, 5) is 0. The van der Waals surface area contributed by atoms with Gasteiger partial charge in [0.2, 0.25) is 0 Å². The van der Waals surface area contributed by atoms with E-state index in [1.54, 1.807) is 0 Å². The van der Waals surface area contributed by atoms with Gasteiger partial charge in [-0.25, -0.2) is 0 Å². The molecule has 2 atom stereocenters. The van der Waals surface area contributed by atoms with Crippen LogP contribution in [0.2, 0.25) is 0 Å². The van der Waals surface area contributed by atoms with Gasteiger partial charge < -0.3 is 4.74 Å². The van der Waals surface area contributed by atoms with Gasteiger partial charge >= 0.3 is 0 Å². The first-order chi connectivity index (χ1) is 14.7. The van der Waals surface area contributed by atoms with Crippen LogP contribution in [0.3, 0.4) is 0 Å². The number of allylic oxidation sites excluding steroid dienone is 3. The second-order valence-corrected chi connectivity index (χ2v) is 10.6. The molecule has 4 rings (SSSR count). The zero-order valence-corrected chi connectivity index (χ0v) is 19.3. The van der Waals surface area contributed by atoms with Crippen LogP contribution in [0.1, 0.15) is 76.7 Å². The Balaban J connectivity index is 1.16. The molecule has 1 heteroatoms. The van der Waals surface area contributed by atoms with Gasteiger partial charge in [-0.2, -0.15) is 0 Å². The molecule has 0 saturated heterocycles. The lowest BCUT2D eigenvalue weighted by molar-refractivity contribution is 0.160. The van der Waals surface area contributed by atoms with Crippen molar-refractivity contribution in [2.45, 2.75) is 78.1 Å². The van der Waals surface area contributed by atoms with Gasteiger partial charge in [0.15, 0.2) is 0 Å². The van der Waals surface area contributed by atoms with E-state index < -0.39 is 0 Å². The number of rotatable bonds is 6. The van der Waals surface area contributed by atoms with Gasteiger partial charge in [0.1, 0.15) is 5.75 Å². The summed E-state index contributed by atoms with van der Waals surface area (Å²) in [6.45, 7) is 5.36. The lowest BCUT2D eigenvalue weighted by Gasteiger charge is -2.36. The average molecular weight is 407 g/mol. The Morgan fingerprint density at radius 3 is 2.07 bits per heavy atom. The second kappa shape index (κ2) is 10.7. The Kier molecular flexibility index (Phi) is 7.74. The molecule has 164 valence electrons. The minimum Gasteiger partial charge on any atom is -0.493 e. The standard InChI is InChI=1S/C29H42O/c1-22-3-15-27(16-4-22)28-17-13-25(14-18-28)8-7-24-9-11-26(12-10-24)21-30-29-19-5-23(2)6-20-29/h5-9,11,19-20,22,24-28H,3-4,10,12-18,21H2,1-2H3/b8-7+. The first-order valence-electron chi connectivity index (χ1n) is 12.7. The van der Waals surface area contributed by atoms with Crippen LogP contribution in [0.5, 0.6) is 5.75 Å². The lowest BCUT2D eigenvalue weighted by Crippen LogP contribution is -2.24. The summed E-state index contributed by atoms with van der Waals surface area (Å²) in [5, 5.41) is 0. The monoisotopic (exact) mass is 406 g/mol. The predicted octanol–water partition coefficient (Wildman–Crippen LogP) is 8.15. The number of aryl methyl sites for hydroxylation is 1. The molecule has 0 heterocycles. The molecule has 3 aliphatic rings. The highest BCUT2D eigenvalue weighted by Gasteiger charge is 2.29. The van der Waals surface area contributed by atoms with Gasteiger partial charge in [-0.1, -0.05) is 61.8 Å². The van der Waals surface area contributed by atoms with Gasteiger partial charge in [-0.3, -0.25) is 0 Å². The van der Waals surface area contributed by atoms with E-state index in [-0.39, 0.29) is 0 Å². The molecule has 1 aromatic carbocycles. The van der Waals surface area contributed by atoms with Crippen LogP contribution in [-0.4, -0.2) is 6.61 Å². The number of ether oxygens (including phenoxy) is 1. The SMILES string of the molecule is Cc1ccc(OCC2C=CC(/C=C/C3CCC(C4CCC(C)CC4)CC3)CC2)cc1. The molecule has 2 unspecified atom stereocenters. The molecule has 0 N–H and O–H groups in total. The smallest absolute Gasteiger partial charge is 0.119 e. The Morgan fingerprint density at radius 1 is 0.767 bits per heavy atom. The molecular formula is C29H42O. The van der Waals surface area contributed by atoms with Gasteiger partial charge in [-0.05, 0) is 100 Å². The number of hydrogen-bond donors (Lipinski definition) is 0. The van der Waals surface area contributed by atoms with Crippen molar-refractivity contribution in [1.29, 1.82) is 0 Å². The van der Waals surface area contributed by atoms with E-state index in [0.717, 1.165) is 36.0 Å². The molecule has 2 fully saturated rings. The molecule has 0 aliphatic heterocycles. The second-order valence-electron chi connectivity index (χ2n) is 10.6. The van der Waals surface area contributed by atoms with Crippen molar-refractivity contribution in [1.82, 2.24) is 0 Å². The molecule has 1 aromatic rings. The summed E-state index contributed by atoms with van der Waals surface area (Å²) in [6, 6.07) is 8.40. The number of benzene rings is 1. The van der Waals surface area contributed by atoms with E-state index in [2.05, 4.69) is 62.4 Å². The minimum absolute atomic E-state index is 0.560. The Hall–Kier alpha value is -1.50. The molecule has 2 saturated carbocycles. The van der Waals surface area contributed by atoms with E-state index in [9.17, 15) is 0 Å². The first-order valence-corrected chi connectivity index (χ1v) is 12.7. The van der Waals surface area contributed by atoms with Crippen molar-refractivity contribution in [3.63, 3.8) is 0 Å². The van der Waals surface area contributed by atoms with Crippen molar-refractivity contribution < 1.29 is 4.74 Å². The summed E-state index contributed by atoms with van der Waals surface area (Å²) >= 11 is 0. The highest BCUT2D eigenvalue weighted by atomic mass is 16.5. The molecule has 0 aromatic heterocycles. The van der Waals surface area contributed by atoms with Crippen molar-refractivity contribution in [3.8, 4) is 5.75 Å². The maximum atomic E-state index is 5.99. The van der Waals surface area contributed by atoms with Crippen molar-refractivity contribution >= 4 is 0 Å². The first kappa shape index (κ1) is 21.7. The van der Waals surface area contributed by atoms with Gasteiger partial charge in [-0.15, -0.1) is 0 Å². The highest BCUT2D eigenvalue weighted by molar-refractivity contribution is 5.26. The zero-order valence-electron chi connectivity index (χ0n) is 19.3. The molecule has 0 spiro atoms. The fraction of sp³-hybridized carbons (Fsp3) is 0.655. The Morgan fingerprint density at radius 2 is 1.43 bits per heavy atom. The highest BCUT2D eigenvalue weighted by Crippen LogP contribution is 2.41. The lowest BCUT2D eigenvalue weighted by atomic mass is 9.69. The maximum absolute atomic E-state index is 5.99. The molecule has 0 bridgehead atoms. The van der Waals surface area contributed by atoms with E-state index >= 15 is 0 Å². The van der Waals surface area contributed by atoms with Crippen molar-refractivity contribution in [2.24, 2.45) is 35.5 Å². The van der Waals surface area contributed by atoms with Crippen LogP contribution in [0, 0.1) is 42.4 Å². The Labute approximate surface area is 185 Å². The summed E-state index contributed by atoms with van der Waals surface area (Å²) in [7, 11) is 0. The third-order valence-electron chi connectivity index (χ3n) is 8.16. The third-order valence-corrected chi connectivity index (χ3v) is 8.16. The fourth-order valence-electron chi connectivity index (χ4n) is 5.90. The number of hydrogen-bond acceptors (Lipinski definition) is 1. The van der Waals surface area contributed by atoms with Crippen LogP contribution in [0.4, 0.5) is 0 Å². The van der Waals surface area contributed by atoms with Crippen LogP contribution in [0.25, 0.3) is 0 Å². The van der Waals surface area contributed by atoms with Gasteiger partial charge in [0.05, 0.1) is 6.61 Å². The Bertz CT molecular complexity index is 684. The van der Waals surface area contributed by atoms with Crippen LogP contribution in [-0.2, 0) is 0 Å². The molecule has 3 aliphatic carbocycles. The van der Waals surface area contributed by atoms with E-state index in [0.29, 0.717) is 11.8 Å². The molecule has 1 nitrogen and oxygen atoms in total.